The molecular weight excluding hydrogens is 310 g/mol. The van der Waals surface area contributed by atoms with Gasteiger partial charge in [0.2, 0.25) is 5.91 Å². The molecule has 0 saturated carbocycles. The van der Waals surface area contributed by atoms with Gasteiger partial charge in [-0.1, -0.05) is 36.2 Å². The monoisotopic (exact) mass is 335 g/mol. The Labute approximate surface area is 144 Å². The lowest BCUT2D eigenvalue weighted by atomic mass is 10.1. The maximum Gasteiger partial charge on any atom is 0.227 e. The Hall–Kier alpha value is -1.74. The van der Waals surface area contributed by atoms with Crippen molar-refractivity contribution in [3.05, 3.63) is 46.5 Å². The summed E-state index contributed by atoms with van der Waals surface area (Å²) in [6.07, 6.45) is 4.22. The molecule has 0 fully saturated rings. The Kier molecular flexibility index (Phi) is 7.37. The number of benzene rings is 1. The van der Waals surface area contributed by atoms with Gasteiger partial charge in [-0.15, -0.1) is 0 Å². The highest BCUT2D eigenvalue weighted by Gasteiger charge is 2.24. The van der Waals surface area contributed by atoms with Crippen LogP contribution in [0.15, 0.2) is 41.0 Å². The van der Waals surface area contributed by atoms with Crippen molar-refractivity contribution in [2.24, 2.45) is 0 Å². The standard InChI is InChI=1S/C19H26ClNO2/c1-7-19(22)21(16(5)14(3)9-10-15(4)20)17-11-8-13(2)12-18(17)23-6/h8-12,16H,7H2,1-6H3. The van der Waals surface area contributed by atoms with E-state index < -0.39 is 0 Å². The van der Waals surface area contributed by atoms with Crippen LogP contribution in [0.25, 0.3) is 0 Å². The molecule has 0 bridgehead atoms. The number of hydrogen-bond acceptors (Lipinski definition) is 2. The van der Waals surface area contributed by atoms with Crippen LogP contribution < -0.4 is 9.64 Å². The van der Waals surface area contributed by atoms with Gasteiger partial charge in [-0.2, -0.15) is 0 Å². The van der Waals surface area contributed by atoms with E-state index in [0.717, 1.165) is 16.8 Å². The molecule has 0 N–H and O–H groups in total. The fourth-order valence-electron chi connectivity index (χ4n) is 2.30. The molecule has 0 aliphatic rings. The van der Waals surface area contributed by atoms with Crippen molar-refractivity contribution in [2.75, 3.05) is 12.0 Å². The van der Waals surface area contributed by atoms with Crippen LogP contribution in [0.2, 0.25) is 0 Å². The molecule has 1 atom stereocenters. The topological polar surface area (TPSA) is 29.5 Å². The summed E-state index contributed by atoms with van der Waals surface area (Å²) >= 11 is 5.89. The summed E-state index contributed by atoms with van der Waals surface area (Å²) in [5.41, 5.74) is 2.93. The van der Waals surface area contributed by atoms with Gasteiger partial charge in [0.15, 0.2) is 0 Å². The van der Waals surface area contributed by atoms with Crippen LogP contribution in [0, 0.1) is 6.92 Å². The molecule has 0 aliphatic carbocycles. The highest BCUT2D eigenvalue weighted by molar-refractivity contribution is 6.29. The number of hydrogen-bond donors (Lipinski definition) is 0. The van der Waals surface area contributed by atoms with E-state index in [1.54, 1.807) is 12.0 Å². The second-order valence-electron chi connectivity index (χ2n) is 5.63. The molecule has 1 aromatic carbocycles. The minimum absolute atomic E-state index is 0.0546. The Morgan fingerprint density at radius 2 is 2.00 bits per heavy atom. The number of carbonyl (C=O) groups excluding carboxylic acids is 1. The lowest BCUT2D eigenvalue weighted by Crippen LogP contribution is -2.39. The molecule has 0 spiro atoms. The smallest absolute Gasteiger partial charge is 0.227 e. The zero-order valence-electron chi connectivity index (χ0n) is 14.8. The quantitative estimate of drug-likeness (QED) is 0.667. The summed E-state index contributed by atoms with van der Waals surface area (Å²) in [5.74, 6) is 0.759. The number of amides is 1. The molecule has 0 saturated heterocycles. The highest BCUT2D eigenvalue weighted by Crippen LogP contribution is 2.32. The number of carbonyl (C=O) groups is 1. The second-order valence-corrected chi connectivity index (χ2v) is 6.23. The molecule has 1 rings (SSSR count). The highest BCUT2D eigenvalue weighted by atomic mass is 35.5. The van der Waals surface area contributed by atoms with Crippen molar-refractivity contribution >= 4 is 23.2 Å². The summed E-state index contributed by atoms with van der Waals surface area (Å²) in [7, 11) is 1.62. The lowest BCUT2D eigenvalue weighted by Gasteiger charge is -2.31. The van der Waals surface area contributed by atoms with Gasteiger partial charge in [-0.3, -0.25) is 4.79 Å². The Balaban J connectivity index is 3.33. The van der Waals surface area contributed by atoms with Crippen LogP contribution in [0.1, 0.15) is 39.7 Å². The van der Waals surface area contributed by atoms with Gasteiger partial charge in [-0.05, 0) is 51.5 Å². The largest absolute Gasteiger partial charge is 0.495 e. The molecule has 1 unspecified atom stereocenters. The minimum Gasteiger partial charge on any atom is -0.495 e. The van der Waals surface area contributed by atoms with Crippen LogP contribution in [-0.2, 0) is 4.79 Å². The summed E-state index contributed by atoms with van der Waals surface area (Å²) in [5, 5.41) is 0.706. The number of rotatable bonds is 6. The van der Waals surface area contributed by atoms with Gasteiger partial charge in [0.1, 0.15) is 5.75 Å². The van der Waals surface area contributed by atoms with Crippen molar-refractivity contribution in [2.45, 2.75) is 47.1 Å². The fourth-order valence-corrected chi connectivity index (χ4v) is 2.37. The van der Waals surface area contributed by atoms with E-state index in [4.69, 9.17) is 16.3 Å². The molecule has 1 aromatic rings. The third kappa shape index (κ3) is 5.14. The van der Waals surface area contributed by atoms with E-state index in [0.29, 0.717) is 17.2 Å². The molecule has 126 valence electrons. The zero-order valence-corrected chi connectivity index (χ0v) is 15.6. The Bertz CT molecular complexity index is 616. The molecule has 0 aliphatic heterocycles. The first-order valence-corrected chi connectivity index (χ1v) is 8.16. The normalized spacial score (nSPS) is 13.7. The van der Waals surface area contributed by atoms with Crippen molar-refractivity contribution in [1.29, 1.82) is 0 Å². The van der Waals surface area contributed by atoms with Crippen LogP contribution in [0.3, 0.4) is 0 Å². The molecular formula is C19H26ClNO2. The SMILES string of the molecule is CCC(=O)N(c1ccc(C)cc1OC)C(C)C(C)=CC=C(C)Cl. The average molecular weight is 336 g/mol. The number of ether oxygens (including phenoxy) is 1. The number of methoxy groups -OCH3 is 1. The summed E-state index contributed by atoms with van der Waals surface area (Å²) in [4.78, 5) is 14.3. The maximum absolute atomic E-state index is 12.6. The van der Waals surface area contributed by atoms with E-state index in [-0.39, 0.29) is 11.9 Å². The van der Waals surface area contributed by atoms with Crippen LogP contribution in [-0.4, -0.2) is 19.1 Å². The van der Waals surface area contributed by atoms with E-state index >= 15 is 0 Å². The average Bonchev–Trinajstić information content (AvgIpc) is 2.53. The van der Waals surface area contributed by atoms with Crippen LogP contribution in [0.4, 0.5) is 5.69 Å². The molecule has 0 heterocycles. The molecule has 0 aromatic heterocycles. The van der Waals surface area contributed by atoms with Gasteiger partial charge >= 0.3 is 0 Å². The Morgan fingerprint density at radius 3 is 2.52 bits per heavy atom. The molecule has 23 heavy (non-hydrogen) atoms. The van der Waals surface area contributed by atoms with E-state index in [1.165, 1.54) is 0 Å². The van der Waals surface area contributed by atoms with Gasteiger partial charge in [-0.25, -0.2) is 0 Å². The van der Waals surface area contributed by atoms with Crippen LogP contribution in [0.5, 0.6) is 5.75 Å². The third-order valence-electron chi connectivity index (χ3n) is 3.79. The third-order valence-corrected chi connectivity index (χ3v) is 3.91. The van der Waals surface area contributed by atoms with E-state index in [1.807, 2.05) is 65.0 Å². The van der Waals surface area contributed by atoms with Gasteiger partial charge < -0.3 is 9.64 Å². The first kappa shape index (κ1) is 19.3. The summed E-state index contributed by atoms with van der Waals surface area (Å²) in [6, 6.07) is 5.78. The first-order valence-electron chi connectivity index (χ1n) is 7.79. The van der Waals surface area contributed by atoms with Crippen molar-refractivity contribution < 1.29 is 9.53 Å². The predicted molar refractivity (Wildman–Crippen MR) is 98.3 cm³/mol. The maximum atomic E-state index is 12.6. The van der Waals surface area contributed by atoms with Gasteiger partial charge in [0.25, 0.3) is 0 Å². The minimum atomic E-state index is -0.0914. The van der Waals surface area contributed by atoms with Crippen molar-refractivity contribution in [1.82, 2.24) is 0 Å². The Morgan fingerprint density at radius 1 is 1.35 bits per heavy atom. The van der Waals surface area contributed by atoms with Crippen LogP contribution >= 0.6 is 11.6 Å². The fraction of sp³-hybridized carbons (Fsp3) is 0.421. The number of nitrogens with zero attached hydrogens (tertiary/aromatic N) is 1. The van der Waals surface area contributed by atoms with E-state index in [9.17, 15) is 4.79 Å². The number of anilines is 1. The number of allylic oxidation sites excluding steroid dienone is 3. The molecule has 1 amide bonds. The second kappa shape index (κ2) is 8.78. The number of halogens is 1. The van der Waals surface area contributed by atoms with Gasteiger partial charge in [0, 0.05) is 11.5 Å². The first-order chi connectivity index (χ1) is 10.8. The zero-order chi connectivity index (χ0) is 17.6. The number of aryl methyl sites for hydroxylation is 1. The summed E-state index contributed by atoms with van der Waals surface area (Å²) in [6.45, 7) is 9.70. The molecule has 0 radical (unpaired) electrons. The van der Waals surface area contributed by atoms with E-state index in [2.05, 4.69) is 0 Å². The summed E-state index contributed by atoms with van der Waals surface area (Å²) < 4.78 is 5.48. The van der Waals surface area contributed by atoms with Gasteiger partial charge in [0.05, 0.1) is 18.8 Å². The van der Waals surface area contributed by atoms with Crippen molar-refractivity contribution in [3.8, 4) is 5.75 Å². The molecule has 4 heteroatoms. The predicted octanol–water partition coefficient (Wildman–Crippen LogP) is 5.22. The molecule has 3 nitrogen and oxygen atoms in total. The van der Waals surface area contributed by atoms with Crippen molar-refractivity contribution in [3.63, 3.8) is 0 Å². The lowest BCUT2D eigenvalue weighted by molar-refractivity contribution is -0.118.